The van der Waals surface area contributed by atoms with Gasteiger partial charge in [-0.1, -0.05) is 32.6 Å². The molecular formula is C8H17NO2S2. The van der Waals surface area contributed by atoms with Crippen LogP contribution in [0.1, 0.15) is 26.2 Å². The lowest BCUT2D eigenvalue weighted by Crippen LogP contribution is -2.37. The predicted molar refractivity (Wildman–Crippen MR) is 60.5 cm³/mol. The van der Waals surface area contributed by atoms with Crippen LogP contribution in [0.3, 0.4) is 0 Å². The average Bonchev–Trinajstić information content (AvgIpc) is 2.05. The van der Waals surface area contributed by atoms with Gasteiger partial charge in [-0.25, -0.2) is 4.31 Å². The van der Waals surface area contributed by atoms with Crippen molar-refractivity contribution in [1.82, 2.24) is 4.31 Å². The number of carboxylic acids is 1. The van der Waals surface area contributed by atoms with E-state index in [2.05, 4.69) is 32.4 Å². The number of thiol groups is 2. The van der Waals surface area contributed by atoms with Gasteiger partial charge in [-0.3, -0.25) is 4.79 Å². The largest absolute Gasteiger partial charge is 0.480 e. The van der Waals surface area contributed by atoms with E-state index in [0.29, 0.717) is 12.3 Å². The molecule has 1 N–H and O–H groups in total. The van der Waals surface area contributed by atoms with Gasteiger partial charge in [0, 0.05) is 12.3 Å². The number of carbonyl (C=O) groups is 1. The summed E-state index contributed by atoms with van der Waals surface area (Å²) >= 11 is 8.09. The lowest BCUT2D eigenvalue weighted by atomic mass is 10.2. The highest BCUT2D eigenvalue weighted by Crippen LogP contribution is 2.08. The Hall–Kier alpha value is 0.130. The number of hydrogen-bond donors (Lipinski definition) is 3. The highest BCUT2D eigenvalue weighted by atomic mass is 32.1. The van der Waals surface area contributed by atoms with Crippen molar-refractivity contribution in [3.05, 3.63) is 0 Å². The second-order valence-electron chi connectivity index (χ2n) is 2.91. The first-order valence-electron chi connectivity index (χ1n) is 4.42. The number of hydrogen-bond acceptors (Lipinski definition) is 4. The average molecular weight is 223 g/mol. The Bertz CT molecular complexity index is 155. The van der Waals surface area contributed by atoms with E-state index in [1.807, 2.05) is 0 Å². The van der Waals surface area contributed by atoms with Crippen molar-refractivity contribution >= 4 is 31.4 Å². The van der Waals surface area contributed by atoms with Crippen molar-refractivity contribution < 1.29 is 9.90 Å². The lowest BCUT2D eigenvalue weighted by Gasteiger charge is -2.21. The minimum Gasteiger partial charge on any atom is -0.480 e. The summed E-state index contributed by atoms with van der Waals surface area (Å²) < 4.78 is 1.55. The Morgan fingerprint density at radius 1 is 1.54 bits per heavy atom. The molecule has 78 valence electrons. The van der Waals surface area contributed by atoms with Crippen molar-refractivity contribution in [1.29, 1.82) is 0 Å². The van der Waals surface area contributed by atoms with Crippen molar-refractivity contribution in [2.45, 2.75) is 32.2 Å². The molecule has 0 bridgehead atoms. The van der Waals surface area contributed by atoms with Gasteiger partial charge < -0.3 is 5.11 Å². The molecule has 0 radical (unpaired) electrons. The van der Waals surface area contributed by atoms with Crippen LogP contribution in [-0.4, -0.2) is 33.7 Å². The summed E-state index contributed by atoms with van der Waals surface area (Å²) in [5.41, 5.74) is 0. The third kappa shape index (κ3) is 5.44. The molecule has 13 heavy (non-hydrogen) atoms. The van der Waals surface area contributed by atoms with Crippen LogP contribution in [0.25, 0.3) is 0 Å². The van der Waals surface area contributed by atoms with E-state index >= 15 is 0 Å². The van der Waals surface area contributed by atoms with Crippen LogP contribution in [0.2, 0.25) is 0 Å². The maximum Gasteiger partial charge on any atom is 0.322 e. The van der Waals surface area contributed by atoms with Crippen LogP contribution in [0.5, 0.6) is 0 Å². The third-order valence-electron chi connectivity index (χ3n) is 1.81. The summed E-state index contributed by atoms with van der Waals surface area (Å²) in [5, 5.41) is 8.76. The van der Waals surface area contributed by atoms with E-state index in [1.165, 1.54) is 0 Å². The van der Waals surface area contributed by atoms with Crippen molar-refractivity contribution in [2.24, 2.45) is 0 Å². The fraction of sp³-hybridized carbons (Fsp3) is 0.875. The molecule has 0 aromatic carbocycles. The molecule has 0 unspecified atom stereocenters. The first-order valence-corrected chi connectivity index (χ1v) is 5.45. The molecule has 0 rings (SSSR count). The van der Waals surface area contributed by atoms with Crippen LogP contribution < -0.4 is 0 Å². The SMILES string of the molecule is CCCCCN(S)[C@@H](CS)C(=O)O. The molecule has 0 heterocycles. The van der Waals surface area contributed by atoms with E-state index in [4.69, 9.17) is 5.11 Å². The van der Waals surface area contributed by atoms with E-state index < -0.39 is 12.0 Å². The van der Waals surface area contributed by atoms with E-state index in [9.17, 15) is 4.79 Å². The van der Waals surface area contributed by atoms with Crippen molar-refractivity contribution in [3.63, 3.8) is 0 Å². The summed E-state index contributed by atoms with van der Waals surface area (Å²) in [6.07, 6.45) is 3.22. The van der Waals surface area contributed by atoms with Crippen molar-refractivity contribution in [2.75, 3.05) is 12.3 Å². The minimum absolute atomic E-state index is 0.297. The molecule has 1 atom stereocenters. The van der Waals surface area contributed by atoms with Crippen molar-refractivity contribution in [3.8, 4) is 0 Å². The molecule has 0 aliphatic heterocycles. The normalized spacial score (nSPS) is 13.2. The maximum absolute atomic E-state index is 10.7. The van der Waals surface area contributed by atoms with Gasteiger partial charge in [-0.05, 0) is 6.42 Å². The lowest BCUT2D eigenvalue weighted by molar-refractivity contribution is -0.140. The Kier molecular flexibility index (Phi) is 7.60. The molecule has 0 spiro atoms. The van der Waals surface area contributed by atoms with Crippen LogP contribution >= 0.6 is 25.4 Å². The molecule has 0 aliphatic rings. The first-order chi connectivity index (χ1) is 6.13. The standard InChI is InChI=1S/C8H17NO2S2/c1-2-3-4-5-9(13)7(6-12)8(10)11/h7,12-13H,2-6H2,1H3,(H,10,11)/t7-/m0/s1. The summed E-state index contributed by atoms with van der Waals surface area (Å²) in [6, 6.07) is -0.580. The topological polar surface area (TPSA) is 40.5 Å². The van der Waals surface area contributed by atoms with Gasteiger partial charge in [0.15, 0.2) is 0 Å². The number of rotatable bonds is 7. The highest BCUT2D eigenvalue weighted by molar-refractivity contribution is 7.80. The van der Waals surface area contributed by atoms with E-state index in [-0.39, 0.29) is 0 Å². The van der Waals surface area contributed by atoms with Crippen LogP contribution in [0.4, 0.5) is 0 Å². The van der Waals surface area contributed by atoms with Gasteiger partial charge in [0.1, 0.15) is 6.04 Å². The molecule has 5 heteroatoms. The Morgan fingerprint density at radius 3 is 2.54 bits per heavy atom. The molecule has 0 aromatic rings. The summed E-state index contributed by atoms with van der Waals surface area (Å²) in [4.78, 5) is 10.7. The summed E-state index contributed by atoms with van der Waals surface area (Å²) in [7, 11) is 0. The van der Waals surface area contributed by atoms with Gasteiger partial charge in [-0.15, -0.1) is 0 Å². The molecule has 0 saturated carbocycles. The minimum atomic E-state index is -0.860. The number of unbranched alkanes of at least 4 members (excludes halogenated alkanes) is 2. The second kappa shape index (κ2) is 7.53. The number of carboxylic acid groups (broad SMARTS) is 1. The van der Waals surface area contributed by atoms with Crippen LogP contribution in [0, 0.1) is 0 Å². The summed E-state index contributed by atoms with van der Waals surface area (Å²) in [5.74, 6) is -0.563. The zero-order valence-corrected chi connectivity index (χ0v) is 9.60. The second-order valence-corrected chi connectivity index (χ2v) is 3.79. The quantitative estimate of drug-likeness (QED) is 0.454. The number of nitrogens with zero attached hydrogens (tertiary/aromatic N) is 1. The Labute approximate surface area is 90.5 Å². The van der Waals surface area contributed by atoms with Gasteiger partial charge >= 0.3 is 5.97 Å². The third-order valence-corrected chi connectivity index (χ3v) is 2.63. The zero-order chi connectivity index (χ0) is 10.3. The van der Waals surface area contributed by atoms with Gasteiger partial charge in [-0.2, -0.15) is 12.6 Å². The molecule has 0 amide bonds. The smallest absolute Gasteiger partial charge is 0.322 e. The monoisotopic (exact) mass is 223 g/mol. The van der Waals surface area contributed by atoms with E-state index in [0.717, 1.165) is 19.3 Å². The maximum atomic E-state index is 10.7. The fourth-order valence-corrected chi connectivity index (χ4v) is 1.78. The fourth-order valence-electron chi connectivity index (χ4n) is 0.979. The zero-order valence-electron chi connectivity index (χ0n) is 7.81. The van der Waals surface area contributed by atoms with Crippen LogP contribution in [0.15, 0.2) is 0 Å². The first kappa shape index (κ1) is 13.1. The molecular weight excluding hydrogens is 206 g/mol. The van der Waals surface area contributed by atoms with Crippen LogP contribution in [-0.2, 0) is 4.79 Å². The number of aliphatic carboxylic acids is 1. The van der Waals surface area contributed by atoms with Gasteiger partial charge in [0.25, 0.3) is 0 Å². The molecule has 0 aromatic heterocycles. The van der Waals surface area contributed by atoms with Gasteiger partial charge in [0.05, 0.1) is 0 Å². The van der Waals surface area contributed by atoms with E-state index in [1.54, 1.807) is 4.31 Å². The molecule has 3 nitrogen and oxygen atoms in total. The highest BCUT2D eigenvalue weighted by Gasteiger charge is 2.20. The Morgan fingerprint density at radius 2 is 2.15 bits per heavy atom. The predicted octanol–water partition coefficient (Wildman–Crippen LogP) is 1.71. The summed E-state index contributed by atoms with van der Waals surface area (Å²) in [6.45, 7) is 2.81. The van der Waals surface area contributed by atoms with Gasteiger partial charge in [0.2, 0.25) is 0 Å². The Balaban J connectivity index is 3.77. The molecule has 0 aliphatic carbocycles. The molecule has 0 saturated heterocycles. The molecule has 0 fully saturated rings.